The quantitative estimate of drug-likeness (QED) is 0.701. The van der Waals surface area contributed by atoms with Crippen molar-refractivity contribution in [1.29, 1.82) is 0 Å². The van der Waals surface area contributed by atoms with Gasteiger partial charge in [0.1, 0.15) is 0 Å². The first-order valence-electron chi connectivity index (χ1n) is 5.81. The minimum atomic E-state index is -0.00689. The Hall–Kier alpha value is -0.120. The number of nitrogens with one attached hydrogen (secondary N) is 1. The molecule has 1 rings (SSSR count). The van der Waals surface area contributed by atoms with Gasteiger partial charge in [0.15, 0.2) is 0 Å². The third-order valence-electron chi connectivity index (χ3n) is 3.80. The fourth-order valence-corrected chi connectivity index (χ4v) is 1.49. The molecule has 0 aromatic carbocycles. The Bertz CT molecular complexity index is 190. The molecule has 2 N–H and O–H groups in total. The largest absolute Gasteiger partial charge is 0.396 e. The zero-order valence-corrected chi connectivity index (χ0v) is 10.5. The summed E-state index contributed by atoms with van der Waals surface area (Å²) in [5.74, 6) is 0.660. The van der Waals surface area contributed by atoms with E-state index >= 15 is 0 Å². The van der Waals surface area contributed by atoms with E-state index in [0.717, 1.165) is 13.1 Å². The summed E-state index contributed by atoms with van der Waals surface area (Å²) in [6.07, 6.45) is 0. The van der Waals surface area contributed by atoms with Gasteiger partial charge in [-0.25, -0.2) is 0 Å². The molecule has 0 spiro atoms. The maximum Gasteiger partial charge on any atom is 0.0579 e. The van der Waals surface area contributed by atoms with Crippen LogP contribution in [-0.4, -0.2) is 38.0 Å². The van der Waals surface area contributed by atoms with Gasteiger partial charge < -0.3 is 15.2 Å². The van der Waals surface area contributed by atoms with E-state index in [-0.39, 0.29) is 12.0 Å². The average molecular weight is 215 g/mol. The Balaban J connectivity index is 2.26. The summed E-state index contributed by atoms with van der Waals surface area (Å²) in [7, 11) is 0. The van der Waals surface area contributed by atoms with E-state index in [0.29, 0.717) is 24.5 Å². The van der Waals surface area contributed by atoms with Gasteiger partial charge in [-0.3, -0.25) is 0 Å². The lowest BCUT2D eigenvalue weighted by Crippen LogP contribution is -2.53. The van der Waals surface area contributed by atoms with Crippen LogP contribution in [0, 0.1) is 16.7 Å². The fraction of sp³-hybridized carbons (Fsp3) is 1.00. The summed E-state index contributed by atoms with van der Waals surface area (Å²) in [4.78, 5) is 0. The first-order valence-corrected chi connectivity index (χ1v) is 5.81. The van der Waals surface area contributed by atoms with Gasteiger partial charge in [0.05, 0.1) is 25.2 Å². The summed E-state index contributed by atoms with van der Waals surface area (Å²) in [5, 5.41) is 12.7. The lowest BCUT2D eigenvalue weighted by Gasteiger charge is -2.41. The van der Waals surface area contributed by atoms with Crippen LogP contribution < -0.4 is 5.32 Å². The molecule has 1 fully saturated rings. The highest BCUT2D eigenvalue weighted by Crippen LogP contribution is 2.28. The summed E-state index contributed by atoms with van der Waals surface area (Å²) in [6, 6.07) is 0. The summed E-state index contributed by atoms with van der Waals surface area (Å²) >= 11 is 0. The van der Waals surface area contributed by atoms with E-state index in [9.17, 15) is 5.11 Å². The van der Waals surface area contributed by atoms with Crippen molar-refractivity contribution in [2.24, 2.45) is 16.7 Å². The number of aliphatic hydroxyl groups excluding tert-OH is 1. The van der Waals surface area contributed by atoms with E-state index in [1.54, 1.807) is 0 Å². The maximum atomic E-state index is 9.26. The lowest BCUT2D eigenvalue weighted by atomic mass is 9.80. The van der Waals surface area contributed by atoms with Crippen molar-refractivity contribution >= 4 is 0 Å². The maximum absolute atomic E-state index is 9.26. The molecule has 15 heavy (non-hydrogen) atoms. The van der Waals surface area contributed by atoms with Crippen LogP contribution >= 0.6 is 0 Å². The van der Waals surface area contributed by atoms with Gasteiger partial charge in [-0.2, -0.15) is 0 Å². The Morgan fingerprint density at radius 2 is 2.00 bits per heavy atom. The molecule has 1 aliphatic heterocycles. The molecule has 0 aromatic rings. The molecule has 3 nitrogen and oxygen atoms in total. The first kappa shape index (κ1) is 12.9. The van der Waals surface area contributed by atoms with Crippen LogP contribution in [0.25, 0.3) is 0 Å². The molecule has 0 bridgehead atoms. The van der Waals surface area contributed by atoms with E-state index in [2.05, 4.69) is 33.0 Å². The molecule has 0 radical (unpaired) electrons. The minimum Gasteiger partial charge on any atom is -0.396 e. The van der Waals surface area contributed by atoms with Crippen molar-refractivity contribution < 1.29 is 9.84 Å². The van der Waals surface area contributed by atoms with Crippen molar-refractivity contribution in [2.45, 2.75) is 27.7 Å². The van der Waals surface area contributed by atoms with E-state index < -0.39 is 0 Å². The average Bonchev–Trinajstić information content (AvgIpc) is 2.09. The monoisotopic (exact) mass is 215 g/mol. The summed E-state index contributed by atoms with van der Waals surface area (Å²) in [6.45, 7) is 12.5. The number of rotatable bonds is 6. The highest BCUT2D eigenvalue weighted by atomic mass is 16.5. The second-order valence-corrected chi connectivity index (χ2v) is 5.90. The van der Waals surface area contributed by atoms with Crippen molar-refractivity contribution in [2.75, 3.05) is 32.9 Å². The SMILES string of the molecule is CC(C)C(C)(C)CNCC1(CO)COC1. The Kier molecular flexibility index (Phi) is 4.15. The van der Waals surface area contributed by atoms with Crippen LogP contribution in [-0.2, 0) is 4.74 Å². The highest BCUT2D eigenvalue weighted by Gasteiger charge is 2.38. The predicted molar refractivity (Wildman–Crippen MR) is 61.8 cm³/mol. The van der Waals surface area contributed by atoms with Crippen molar-refractivity contribution in [3.8, 4) is 0 Å². The molecule has 0 amide bonds. The van der Waals surface area contributed by atoms with Crippen molar-refractivity contribution in [3.63, 3.8) is 0 Å². The molecule has 3 heteroatoms. The van der Waals surface area contributed by atoms with Crippen LogP contribution in [0.5, 0.6) is 0 Å². The van der Waals surface area contributed by atoms with Crippen LogP contribution in [0.4, 0.5) is 0 Å². The zero-order valence-electron chi connectivity index (χ0n) is 10.5. The van der Waals surface area contributed by atoms with Crippen LogP contribution in [0.15, 0.2) is 0 Å². The van der Waals surface area contributed by atoms with Gasteiger partial charge in [0.25, 0.3) is 0 Å². The van der Waals surface area contributed by atoms with Crippen LogP contribution in [0.2, 0.25) is 0 Å². The molecule has 90 valence electrons. The van der Waals surface area contributed by atoms with Crippen LogP contribution in [0.1, 0.15) is 27.7 Å². The molecule has 1 saturated heterocycles. The standard InChI is InChI=1S/C12H25NO2/c1-10(2)11(3,4)5-13-6-12(7-14)8-15-9-12/h10,13-14H,5-9H2,1-4H3. The van der Waals surface area contributed by atoms with Gasteiger partial charge in [0.2, 0.25) is 0 Å². The van der Waals surface area contributed by atoms with Crippen molar-refractivity contribution in [3.05, 3.63) is 0 Å². The van der Waals surface area contributed by atoms with Crippen LogP contribution in [0.3, 0.4) is 0 Å². The third kappa shape index (κ3) is 3.16. The van der Waals surface area contributed by atoms with E-state index in [4.69, 9.17) is 4.74 Å². The molecule has 0 aliphatic carbocycles. The molecule has 1 aliphatic rings. The third-order valence-corrected chi connectivity index (χ3v) is 3.80. The predicted octanol–water partition coefficient (Wildman–Crippen LogP) is 1.27. The molecule has 0 aromatic heterocycles. The van der Waals surface area contributed by atoms with E-state index in [1.165, 1.54) is 0 Å². The molecule has 0 unspecified atom stereocenters. The molecule has 0 saturated carbocycles. The normalized spacial score (nSPS) is 20.4. The Morgan fingerprint density at radius 1 is 1.40 bits per heavy atom. The van der Waals surface area contributed by atoms with Gasteiger partial charge in [-0.15, -0.1) is 0 Å². The first-order chi connectivity index (χ1) is 6.92. The zero-order chi connectivity index (χ0) is 11.5. The molecular formula is C12H25NO2. The Labute approximate surface area is 93.2 Å². The smallest absolute Gasteiger partial charge is 0.0579 e. The van der Waals surface area contributed by atoms with Crippen molar-refractivity contribution in [1.82, 2.24) is 5.32 Å². The number of aliphatic hydroxyl groups is 1. The van der Waals surface area contributed by atoms with E-state index in [1.807, 2.05) is 0 Å². The van der Waals surface area contributed by atoms with Gasteiger partial charge >= 0.3 is 0 Å². The molecule has 0 atom stereocenters. The number of ether oxygens (including phenoxy) is 1. The summed E-state index contributed by atoms with van der Waals surface area (Å²) in [5.41, 5.74) is 0.300. The van der Waals surface area contributed by atoms with Gasteiger partial charge in [-0.05, 0) is 11.3 Å². The second-order valence-electron chi connectivity index (χ2n) is 5.90. The second kappa shape index (κ2) is 4.81. The minimum absolute atomic E-state index is 0.00689. The highest BCUT2D eigenvalue weighted by molar-refractivity contribution is 4.88. The van der Waals surface area contributed by atoms with Gasteiger partial charge in [-0.1, -0.05) is 27.7 Å². The summed E-state index contributed by atoms with van der Waals surface area (Å²) < 4.78 is 5.16. The fourth-order valence-electron chi connectivity index (χ4n) is 1.49. The molecular weight excluding hydrogens is 190 g/mol. The lowest BCUT2D eigenvalue weighted by molar-refractivity contribution is -0.134. The molecule has 1 heterocycles. The number of hydrogen-bond donors (Lipinski definition) is 2. The topological polar surface area (TPSA) is 41.5 Å². The van der Waals surface area contributed by atoms with Gasteiger partial charge in [0, 0.05) is 13.1 Å². The Morgan fingerprint density at radius 3 is 2.33 bits per heavy atom. The number of hydrogen-bond acceptors (Lipinski definition) is 3.